The topological polar surface area (TPSA) is 58.2 Å². The Morgan fingerprint density at radius 1 is 1.17 bits per heavy atom. The van der Waals surface area contributed by atoms with E-state index in [0.29, 0.717) is 10.8 Å². The average Bonchev–Trinajstić information content (AvgIpc) is 2.50. The summed E-state index contributed by atoms with van der Waals surface area (Å²) in [6.07, 6.45) is 1.17. The first kappa shape index (κ1) is 18.4. The van der Waals surface area contributed by atoms with Gasteiger partial charge in [-0.1, -0.05) is 18.2 Å². The average molecular weight is 366 g/mol. The van der Waals surface area contributed by atoms with Crippen molar-refractivity contribution in [1.29, 1.82) is 0 Å². The van der Waals surface area contributed by atoms with Crippen molar-refractivity contribution in [3.63, 3.8) is 0 Å². The lowest BCUT2D eigenvalue weighted by Crippen LogP contribution is -2.31. The minimum atomic E-state index is -3.22. The highest BCUT2D eigenvalue weighted by Gasteiger charge is 2.11. The minimum absolute atomic E-state index is 0.161. The Morgan fingerprint density at radius 3 is 2.38 bits per heavy atom. The maximum atomic E-state index is 13.7. The van der Waals surface area contributed by atoms with Gasteiger partial charge in [-0.25, -0.2) is 12.8 Å². The first-order valence-corrected chi connectivity index (χ1v) is 9.60. The Hall–Kier alpha value is -1.99. The molecule has 0 saturated heterocycles. The van der Waals surface area contributed by atoms with Crippen LogP contribution in [0.1, 0.15) is 24.1 Å². The molecule has 7 heteroatoms. The van der Waals surface area contributed by atoms with Crippen LogP contribution >= 0.6 is 12.2 Å². The highest BCUT2D eigenvalue weighted by atomic mass is 32.2. The lowest BCUT2D eigenvalue weighted by molar-refractivity contribution is 0.601. The van der Waals surface area contributed by atoms with Gasteiger partial charge in [0, 0.05) is 6.26 Å². The Labute approximate surface area is 147 Å². The molecule has 2 aromatic rings. The molecule has 1 atom stereocenters. The molecule has 0 aromatic heterocycles. The van der Waals surface area contributed by atoms with Crippen LogP contribution in [-0.2, 0) is 9.84 Å². The number of rotatable bonds is 4. The number of benzene rings is 2. The number of hydrogen-bond acceptors (Lipinski definition) is 3. The third-order valence-electron chi connectivity index (χ3n) is 3.53. The fourth-order valence-electron chi connectivity index (χ4n) is 2.18. The van der Waals surface area contributed by atoms with Crippen LogP contribution in [0, 0.1) is 12.7 Å². The molecule has 0 saturated carbocycles. The zero-order valence-electron chi connectivity index (χ0n) is 13.6. The van der Waals surface area contributed by atoms with Crippen LogP contribution in [0.4, 0.5) is 10.1 Å². The zero-order chi connectivity index (χ0) is 17.9. The summed E-state index contributed by atoms with van der Waals surface area (Å²) in [5.74, 6) is -0.380. The summed E-state index contributed by atoms with van der Waals surface area (Å²) >= 11 is 5.22. The number of aryl methyl sites for hydroxylation is 1. The molecule has 2 aromatic carbocycles. The van der Waals surface area contributed by atoms with E-state index in [9.17, 15) is 12.8 Å². The Morgan fingerprint density at radius 2 is 1.79 bits per heavy atom. The van der Waals surface area contributed by atoms with Crippen molar-refractivity contribution in [2.75, 3.05) is 11.6 Å². The molecule has 0 spiro atoms. The number of anilines is 1. The Kier molecular flexibility index (Phi) is 5.56. The molecule has 128 valence electrons. The van der Waals surface area contributed by atoms with Gasteiger partial charge in [0.05, 0.1) is 16.6 Å². The van der Waals surface area contributed by atoms with Crippen LogP contribution in [0.15, 0.2) is 47.4 Å². The van der Waals surface area contributed by atoms with Crippen LogP contribution in [-0.4, -0.2) is 19.8 Å². The maximum absolute atomic E-state index is 13.7. The van der Waals surface area contributed by atoms with Crippen molar-refractivity contribution >= 4 is 32.9 Å². The van der Waals surface area contributed by atoms with Crippen molar-refractivity contribution in [3.05, 3.63) is 59.4 Å². The van der Waals surface area contributed by atoms with Gasteiger partial charge in [-0.05, 0) is 61.5 Å². The second-order valence-electron chi connectivity index (χ2n) is 5.64. The van der Waals surface area contributed by atoms with Gasteiger partial charge in [-0.3, -0.25) is 0 Å². The van der Waals surface area contributed by atoms with E-state index in [0.717, 1.165) is 11.1 Å². The predicted octanol–water partition coefficient (Wildman–Crippen LogP) is 3.59. The van der Waals surface area contributed by atoms with E-state index in [1.54, 1.807) is 36.4 Å². The van der Waals surface area contributed by atoms with Crippen molar-refractivity contribution in [2.24, 2.45) is 0 Å². The van der Waals surface area contributed by atoms with Gasteiger partial charge in [0.2, 0.25) is 0 Å². The van der Waals surface area contributed by atoms with E-state index >= 15 is 0 Å². The molecule has 0 amide bonds. The normalized spacial score (nSPS) is 12.5. The summed E-state index contributed by atoms with van der Waals surface area (Å²) in [6.45, 7) is 3.75. The SMILES string of the molecule is Cc1ccc(F)c(NC(=S)N[C@@H](C)c2ccc(S(C)(=O)=O)cc2)c1. The fourth-order valence-corrected chi connectivity index (χ4v) is 3.09. The van der Waals surface area contributed by atoms with Gasteiger partial charge in [0.15, 0.2) is 14.9 Å². The largest absolute Gasteiger partial charge is 0.356 e. The van der Waals surface area contributed by atoms with Gasteiger partial charge < -0.3 is 10.6 Å². The second kappa shape index (κ2) is 7.27. The van der Waals surface area contributed by atoms with E-state index in [1.807, 2.05) is 13.8 Å². The van der Waals surface area contributed by atoms with Gasteiger partial charge in [0.25, 0.3) is 0 Å². The van der Waals surface area contributed by atoms with E-state index in [-0.39, 0.29) is 16.8 Å². The lowest BCUT2D eigenvalue weighted by atomic mass is 10.1. The molecule has 0 bridgehead atoms. The molecule has 0 unspecified atom stereocenters. The number of hydrogen-bond donors (Lipinski definition) is 2. The van der Waals surface area contributed by atoms with Gasteiger partial charge in [0.1, 0.15) is 5.82 Å². The van der Waals surface area contributed by atoms with Crippen molar-refractivity contribution in [3.8, 4) is 0 Å². The van der Waals surface area contributed by atoms with Crippen molar-refractivity contribution in [1.82, 2.24) is 5.32 Å². The van der Waals surface area contributed by atoms with Crippen LogP contribution in [0.3, 0.4) is 0 Å². The summed E-state index contributed by atoms with van der Waals surface area (Å²) in [7, 11) is -3.22. The molecule has 4 nitrogen and oxygen atoms in total. The summed E-state index contributed by atoms with van der Waals surface area (Å²) < 4.78 is 36.7. The fraction of sp³-hybridized carbons (Fsp3) is 0.235. The second-order valence-corrected chi connectivity index (χ2v) is 8.07. The lowest BCUT2D eigenvalue weighted by Gasteiger charge is -2.18. The molecule has 0 heterocycles. The minimum Gasteiger partial charge on any atom is -0.356 e. The summed E-state index contributed by atoms with van der Waals surface area (Å²) in [6, 6.07) is 11.1. The molecule has 2 rings (SSSR count). The standard InChI is InChI=1S/C17H19FN2O2S2/c1-11-4-9-15(18)16(10-11)20-17(23)19-12(2)13-5-7-14(8-6-13)24(3,21)22/h4-10,12H,1-3H3,(H2,19,20,23)/t12-/m0/s1. The van der Waals surface area contributed by atoms with Crippen LogP contribution in [0.2, 0.25) is 0 Å². The predicted molar refractivity (Wildman–Crippen MR) is 98.5 cm³/mol. The number of nitrogens with one attached hydrogen (secondary N) is 2. The smallest absolute Gasteiger partial charge is 0.175 e. The number of sulfone groups is 1. The number of thiocarbonyl (C=S) groups is 1. The van der Waals surface area contributed by atoms with Gasteiger partial charge >= 0.3 is 0 Å². The van der Waals surface area contributed by atoms with E-state index < -0.39 is 9.84 Å². The van der Waals surface area contributed by atoms with Crippen molar-refractivity contribution < 1.29 is 12.8 Å². The maximum Gasteiger partial charge on any atom is 0.175 e. The van der Waals surface area contributed by atoms with Crippen LogP contribution < -0.4 is 10.6 Å². The summed E-state index contributed by atoms with van der Waals surface area (Å²) in [4.78, 5) is 0.265. The first-order valence-electron chi connectivity index (χ1n) is 7.30. The Balaban J connectivity index is 2.05. The van der Waals surface area contributed by atoms with Crippen LogP contribution in [0.25, 0.3) is 0 Å². The number of halogens is 1. The van der Waals surface area contributed by atoms with Gasteiger partial charge in [-0.15, -0.1) is 0 Å². The third kappa shape index (κ3) is 4.75. The molecule has 2 N–H and O–H groups in total. The highest BCUT2D eigenvalue weighted by Crippen LogP contribution is 2.18. The molecule has 0 radical (unpaired) electrons. The van der Waals surface area contributed by atoms with E-state index in [1.165, 1.54) is 12.3 Å². The molecule has 0 fully saturated rings. The van der Waals surface area contributed by atoms with Crippen molar-refractivity contribution in [2.45, 2.75) is 24.8 Å². The molecule has 0 aliphatic rings. The Bertz CT molecular complexity index is 849. The monoisotopic (exact) mass is 366 g/mol. The van der Waals surface area contributed by atoms with E-state index in [4.69, 9.17) is 12.2 Å². The molecule has 0 aliphatic carbocycles. The van der Waals surface area contributed by atoms with E-state index in [2.05, 4.69) is 10.6 Å². The zero-order valence-corrected chi connectivity index (χ0v) is 15.3. The molecular formula is C17H19FN2O2S2. The third-order valence-corrected chi connectivity index (χ3v) is 4.87. The highest BCUT2D eigenvalue weighted by molar-refractivity contribution is 7.90. The quantitative estimate of drug-likeness (QED) is 0.810. The van der Waals surface area contributed by atoms with Gasteiger partial charge in [-0.2, -0.15) is 0 Å². The molecule has 24 heavy (non-hydrogen) atoms. The molecule has 0 aliphatic heterocycles. The summed E-state index contributed by atoms with van der Waals surface area (Å²) in [5, 5.41) is 6.18. The first-order chi connectivity index (χ1) is 11.2. The summed E-state index contributed by atoms with van der Waals surface area (Å²) in [5.41, 5.74) is 2.11. The van der Waals surface area contributed by atoms with Crippen LogP contribution in [0.5, 0.6) is 0 Å². The molecular weight excluding hydrogens is 347 g/mol.